The Balaban J connectivity index is 1.48. The van der Waals surface area contributed by atoms with Gasteiger partial charge in [-0.05, 0) is 31.9 Å². The molecule has 3 aromatic rings. The molecule has 6 heteroatoms. The number of aryl methyl sites for hydroxylation is 1. The maximum atomic E-state index is 13.7. The van der Waals surface area contributed by atoms with Gasteiger partial charge in [-0.1, -0.05) is 41.6 Å². The predicted octanol–water partition coefficient (Wildman–Crippen LogP) is 4.02. The first-order valence-electron chi connectivity index (χ1n) is 9.65. The van der Waals surface area contributed by atoms with E-state index in [-0.39, 0.29) is 17.7 Å². The number of para-hydroxylation sites is 2. The summed E-state index contributed by atoms with van der Waals surface area (Å²) in [7, 11) is 0. The van der Waals surface area contributed by atoms with E-state index in [1.165, 1.54) is 0 Å². The van der Waals surface area contributed by atoms with Crippen LogP contribution in [0.15, 0.2) is 53.1 Å². The lowest BCUT2D eigenvalue weighted by Gasteiger charge is -2.36. The van der Waals surface area contributed by atoms with Crippen LogP contribution in [0, 0.1) is 6.92 Å². The van der Waals surface area contributed by atoms with Gasteiger partial charge >= 0.3 is 0 Å². The number of aromatic nitrogens is 2. The molecule has 3 heterocycles. The largest absolute Gasteiger partial charge is 0.457 e. The third-order valence-corrected chi connectivity index (χ3v) is 5.55. The fourth-order valence-electron chi connectivity index (χ4n) is 4.22. The van der Waals surface area contributed by atoms with E-state index in [1.54, 1.807) is 0 Å². The molecule has 142 valence electrons. The Hall–Kier alpha value is -3.15. The maximum absolute atomic E-state index is 13.7. The Morgan fingerprint density at radius 3 is 2.39 bits per heavy atom. The van der Waals surface area contributed by atoms with Gasteiger partial charge in [0.2, 0.25) is 11.8 Å². The van der Waals surface area contributed by atoms with E-state index < -0.39 is 0 Å². The SMILES string of the molecule is Cc1noc(C2CCCN(C(=O)C3c4ccccc4Oc4ccccc43)C2)n1. The van der Waals surface area contributed by atoms with Gasteiger partial charge in [-0.25, -0.2) is 0 Å². The van der Waals surface area contributed by atoms with Gasteiger partial charge in [0.05, 0.1) is 11.8 Å². The predicted molar refractivity (Wildman–Crippen MR) is 102 cm³/mol. The first kappa shape index (κ1) is 17.0. The van der Waals surface area contributed by atoms with Crippen molar-refractivity contribution in [3.63, 3.8) is 0 Å². The van der Waals surface area contributed by atoms with Crippen molar-refractivity contribution in [3.05, 3.63) is 71.4 Å². The van der Waals surface area contributed by atoms with Crippen LogP contribution in [0.25, 0.3) is 0 Å². The van der Waals surface area contributed by atoms with Crippen molar-refractivity contribution in [2.45, 2.75) is 31.6 Å². The first-order valence-corrected chi connectivity index (χ1v) is 9.65. The number of carbonyl (C=O) groups is 1. The van der Waals surface area contributed by atoms with E-state index in [9.17, 15) is 4.79 Å². The molecule has 2 aliphatic rings. The maximum Gasteiger partial charge on any atom is 0.234 e. The third kappa shape index (κ3) is 2.85. The van der Waals surface area contributed by atoms with Gasteiger partial charge in [0.15, 0.2) is 5.82 Å². The summed E-state index contributed by atoms with van der Waals surface area (Å²) >= 11 is 0. The number of hydrogen-bond acceptors (Lipinski definition) is 5. The lowest BCUT2D eigenvalue weighted by atomic mass is 9.86. The zero-order chi connectivity index (χ0) is 19.1. The van der Waals surface area contributed by atoms with Crippen LogP contribution in [0.1, 0.15) is 47.5 Å². The fourth-order valence-corrected chi connectivity index (χ4v) is 4.22. The standard InChI is InChI=1S/C22H21N3O3/c1-14-23-21(28-24-14)15-7-6-12-25(13-15)22(26)20-16-8-2-4-10-18(16)27-19-11-5-3-9-17(19)20/h2-5,8-11,15,20H,6-7,12-13H2,1H3. The smallest absolute Gasteiger partial charge is 0.234 e. The van der Waals surface area contributed by atoms with E-state index in [4.69, 9.17) is 9.26 Å². The van der Waals surface area contributed by atoms with Crippen LogP contribution in [-0.2, 0) is 4.79 Å². The summed E-state index contributed by atoms with van der Waals surface area (Å²) in [6.45, 7) is 3.15. The molecule has 0 spiro atoms. The topological polar surface area (TPSA) is 68.5 Å². The molecular formula is C22H21N3O3. The van der Waals surface area contributed by atoms with Gasteiger partial charge in [0.1, 0.15) is 11.5 Å². The third-order valence-electron chi connectivity index (χ3n) is 5.55. The molecule has 0 bridgehead atoms. The average molecular weight is 375 g/mol. The summed E-state index contributed by atoms with van der Waals surface area (Å²) in [6, 6.07) is 15.6. The van der Waals surface area contributed by atoms with Gasteiger partial charge in [0, 0.05) is 24.2 Å². The number of amides is 1. The number of nitrogens with zero attached hydrogens (tertiary/aromatic N) is 3. The van der Waals surface area contributed by atoms with E-state index in [0.29, 0.717) is 18.3 Å². The normalized spacial score (nSPS) is 18.9. The minimum Gasteiger partial charge on any atom is -0.457 e. The Labute approximate surface area is 163 Å². The second-order valence-electron chi connectivity index (χ2n) is 7.41. The monoisotopic (exact) mass is 375 g/mol. The summed E-state index contributed by atoms with van der Waals surface area (Å²) in [4.78, 5) is 20.0. The molecule has 1 saturated heterocycles. The fraction of sp³-hybridized carbons (Fsp3) is 0.318. The Bertz CT molecular complexity index is 984. The van der Waals surface area contributed by atoms with Crippen molar-refractivity contribution in [2.24, 2.45) is 0 Å². The van der Waals surface area contributed by atoms with Gasteiger partial charge in [-0.2, -0.15) is 4.98 Å². The molecule has 1 amide bonds. The molecule has 1 unspecified atom stereocenters. The molecule has 6 nitrogen and oxygen atoms in total. The highest BCUT2D eigenvalue weighted by molar-refractivity contribution is 5.89. The minimum absolute atomic E-state index is 0.0872. The molecule has 0 aliphatic carbocycles. The van der Waals surface area contributed by atoms with Crippen molar-refractivity contribution >= 4 is 5.91 Å². The molecule has 1 fully saturated rings. The van der Waals surface area contributed by atoms with Crippen LogP contribution in [0.5, 0.6) is 11.5 Å². The Morgan fingerprint density at radius 1 is 1.07 bits per heavy atom. The summed E-state index contributed by atoms with van der Waals surface area (Å²) in [5.74, 6) is 2.59. The Kier molecular flexibility index (Phi) is 4.11. The van der Waals surface area contributed by atoms with Crippen LogP contribution >= 0.6 is 0 Å². The minimum atomic E-state index is -0.357. The molecule has 0 N–H and O–H groups in total. The second-order valence-corrected chi connectivity index (χ2v) is 7.41. The van der Waals surface area contributed by atoms with Gasteiger partial charge in [-0.15, -0.1) is 0 Å². The van der Waals surface area contributed by atoms with Crippen molar-refractivity contribution in [2.75, 3.05) is 13.1 Å². The summed E-state index contributed by atoms with van der Waals surface area (Å²) in [6.07, 6.45) is 1.87. The van der Waals surface area contributed by atoms with Crippen molar-refractivity contribution < 1.29 is 14.1 Å². The number of likely N-dealkylation sites (tertiary alicyclic amines) is 1. The second kappa shape index (κ2) is 6.78. The van der Waals surface area contributed by atoms with Crippen LogP contribution < -0.4 is 4.74 Å². The van der Waals surface area contributed by atoms with Crippen molar-refractivity contribution in [3.8, 4) is 11.5 Å². The van der Waals surface area contributed by atoms with E-state index >= 15 is 0 Å². The summed E-state index contributed by atoms with van der Waals surface area (Å²) in [5.41, 5.74) is 1.84. The number of carbonyl (C=O) groups excluding carboxylic acids is 1. The number of hydrogen-bond donors (Lipinski definition) is 0. The molecule has 5 rings (SSSR count). The summed E-state index contributed by atoms with van der Waals surface area (Å²) in [5, 5.41) is 3.90. The molecule has 0 saturated carbocycles. The van der Waals surface area contributed by atoms with Gasteiger partial charge in [0.25, 0.3) is 0 Å². The van der Waals surface area contributed by atoms with Crippen LogP contribution in [0.3, 0.4) is 0 Å². The molecule has 1 atom stereocenters. The van der Waals surface area contributed by atoms with Crippen molar-refractivity contribution in [1.29, 1.82) is 0 Å². The Morgan fingerprint density at radius 2 is 1.75 bits per heavy atom. The number of piperidine rings is 1. The highest BCUT2D eigenvalue weighted by atomic mass is 16.5. The highest BCUT2D eigenvalue weighted by Crippen LogP contribution is 2.45. The quantitative estimate of drug-likeness (QED) is 0.677. The number of benzene rings is 2. The van der Waals surface area contributed by atoms with Crippen LogP contribution in [-0.4, -0.2) is 34.0 Å². The number of fused-ring (bicyclic) bond motifs is 2. The summed E-state index contributed by atoms with van der Waals surface area (Å²) < 4.78 is 11.4. The molecule has 28 heavy (non-hydrogen) atoms. The zero-order valence-corrected chi connectivity index (χ0v) is 15.7. The van der Waals surface area contributed by atoms with E-state index in [2.05, 4.69) is 10.1 Å². The van der Waals surface area contributed by atoms with E-state index in [1.807, 2.05) is 60.4 Å². The highest BCUT2D eigenvalue weighted by Gasteiger charge is 2.37. The van der Waals surface area contributed by atoms with Crippen LogP contribution in [0.4, 0.5) is 0 Å². The number of rotatable bonds is 2. The van der Waals surface area contributed by atoms with Gasteiger partial charge < -0.3 is 14.2 Å². The molecule has 1 aromatic heterocycles. The first-order chi connectivity index (χ1) is 13.7. The molecular weight excluding hydrogens is 354 g/mol. The van der Waals surface area contributed by atoms with Gasteiger partial charge in [-0.3, -0.25) is 4.79 Å². The van der Waals surface area contributed by atoms with Crippen molar-refractivity contribution in [1.82, 2.24) is 15.0 Å². The van der Waals surface area contributed by atoms with E-state index in [0.717, 1.165) is 42.0 Å². The molecule has 2 aliphatic heterocycles. The molecule has 2 aromatic carbocycles. The lowest BCUT2D eigenvalue weighted by Crippen LogP contribution is -2.42. The average Bonchev–Trinajstić information content (AvgIpc) is 3.18. The zero-order valence-electron chi connectivity index (χ0n) is 15.7. The molecule has 0 radical (unpaired) electrons. The lowest BCUT2D eigenvalue weighted by molar-refractivity contribution is -0.133. The number of ether oxygens (including phenoxy) is 1. The van der Waals surface area contributed by atoms with Crippen LogP contribution in [0.2, 0.25) is 0 Å².